The number of amides is 4. The minimum atomic E-state index is -5.08. The zero-order chi connectivity index (χ0) is 38.1. The smallest absolute Gasteiger partial charge is 0.475 e. The number of primary amides is 1. The Morgan fingerprint density at radius 3 is 1.82 bits per heavy atom. The maximum Gasteiger partial charge on any atom is 0.490 e. The van der Waals surface area contributed by atoms with Gasteiger partial charge in [-0.3, -0.25) is 29.6 Å². The Bertz CT molecular complexity index is 1690. The van der Waals surface area contributed by atoms with Gasteiger partial charge in [0, 0.05) is 17.8 Å². The predicted octanol–water partition coefficient (Wildman–Crippen LogP) is 1.28. The number of carboxylic acid groups (broad SMARTS) is 1. The van der Waals surface area contributed by atoms with Gasteiger partial charge in [-0.1, -0.05) is 72.8 Å². The number of carboxylic acids is 1. The van der Waals surface area contributed by atoms with Crippen molar-refractivity contribution >= 4 is 47.1 Å². The van der Waals surface area contributed by atoms with Crippen LogP contribution in [0.3, 0.4) is 0 Å². The van der Waals surface area contributed by atoms with Crippen LogP contribution in [-0.4, -0.2) is 65.3 Å². The Hall–Kier alpha value is -6.46. The summed E-state index contributed by atoms with van der Waals surface area (Å²) in [5, 5.41) is 22.8. The highest BCUT2D eigenvalue weighted by molar-refractivity contribution is 6.07. The van der Waals surface area contributed by atoms with Crippen molar-refractivity contribution in [2.75, 3.05) is 11.9 Å². The molecule has 0 aliphatic heterocycles. The molecule has 0 aliphatic carbocycles. The summed E-state index contributed by atoms with van der Waals surface area (Å²) in [7, 11) is 0. The number of nitrogen functional groups attached to an aromatic ring is 1. The molecule has 272 valence electrons. The Kier molecular flexibility index (Phi) is 15.6. The number of benzene rings is 3. The number of rotatable bonds is 15. The second kappa shape index (κ2) is 19.5. The fraction of sp³-hybridized carbons (Fsp3) is 0.242. The summed E-state index contributed by atoms with van der Waals surface area (Å²) >= 11 is 0. The van der Waals surface area contributed by atoms with E-state index in [-0.39, 0.29) is 31.2 Å². The summed E-state index contributed by atoms with van der Waals surface area (Å²) in [6.07, 6.45) is -4.58. The van der Waals surface area contributed by atoms with Crippen LogP contribution >= 0.6 is 0 Å². The quantitative estimate of drug-likeness (QED) is 0.0474. The lowest BCUT2D eigenvalue weighted by Crippen LogP contribution is -2.51. The van der Waals surface area contributed by atoms with Crippen LogP contribution in [0.15, 0.2) is 89.9 Å². The van der Waals surface area contributed by atoms with E-state index in [1.807, 2.05) is 0 Å². The van der Waals surface area contributed by atoms with Crippen LogP contribution in [0.1, 0.15) is 35.6 Å². The van der Waals surface area contributed by atoms with Crippen molar-refractivity contribution in [3.63, 3.8) is 0 Å². The van der Waals surface area contributed by atoms with Crippen LogP contribution in [0.25, 0.3) is 0 Å². The first-order chi connectivity index (χ1) is 24.0. The molecule has 13 N–H and O–H groups in total. The molecule has 0 fully saturated rings. The van der Waals surface area contributed by atoms with Crippen molar-refractivity contribution in [1.29, 1.82) is 5.41 Å². The number of aliphatic imine (C=N–C) groups is 1. The average Bonchev–Trinajstić information content (AvgIpc) is 3.07. The van der Waals surface area contributed by atoms with Crippen molar-refractivity contribution in [2.45, 2.75) is 37.5 Å². The molecule has 3 rings (SSSR count). The fourth-order valence-electron chi connectivity index (χ4n) is 4.34. The molecule has 51 heavy (non-hydrogen) atoms. The molecule has 0 aliphatic rings. The number of halogens is 3. The highest BCUT2D eigenvalue weighted by Crippen LogP contribution is 2.19. The number of para-hydroxylation sites is 1. The molecule has 0 radical (unpaired) electrons. The maximum atomic E-state index is 13.8. The molecule has 3 aromatic carbocycles. The van der Waals surface area contributed by atoms with E-state index in [1.54, 1.807) is 84.9 Å². The number of hydrogen-bond acceptors (Lipinski definition) is 7. The number of carbonyl (C=O) groups excluding carboxylic acids is 4. The second-order valence-corrected chi connectivity index (χ2v) is 10.8. The predicted molar refractivity (Wildman–Crippen MR) is 182 cm³/mol. The third-order valence-electron chi connectivity index (χ3n) is 6.91. The lowest BCUT2D eigenvalue weighted by Gasteiger charge is -2.24. The Morgan fingerprint density at radius 1 is 0.784 bits per heavy atom. The Balaban J connectivity index is 0.00000116. The van der Waals surface area contributed by atoms with Crippen LogP contribution in [0.2, 0.25) is 0 Å². The standard InChI is InChI=1S/C31H37N9O4.C2HF3O2/c32-26(33)21-15-13-19(14-16-21)18-23(28(42)38-22-10-5-2-6-11-22)29(43)40-25(20-8-3-1-4-9-20)30(44)39-24(27(34)41)12-7-17-37-31(35)36;3-2(4,5)1(6)7/h1-6,8-11,13-16,23-25H,7,12,17-18H2,(H3,32,33)(H2,34,41)(H,38,42)(H,39,44)(H,40,43)(H4,35,36,37);(H,6,7)/t23?,24?,25-;/m0./s1. The summed E-state index contributed by atoms with van der Waals surface area (Å²) in [4.78, 5) is 65.7. The van der Waals surface area contributed by atoms with E-state index in [2.05, 4.69) is 20.9 Å². The molecule has 0 saturated carbocycles. The number of alkyl halides is 3. The normalized spacial score (nSPS) is 12.4. The van der Waals surface area contributed by atoms with Gasteiger partial charge in [0.15, 0.2) is 5.96 Å². The van der Waals surface area contributed by atoms with E-state index in [1.165, 1.54) is 0 Å². The van der Waals surface area contributed by atoms with E-state index < -0.39 is 53.8 Å². The number of guanidine groups is 1. The molecule has 18 heteroatoms. The lowest BCUT2D eigenvalue weighted by molar-refractivity contribution is -0.192. The summed E-state index contributed by atoms with van der Waals surface area (Å²) in [6.45, 7) is 0.229. The molecule has 3 aromatic rings. The number of nitrogens with one attached hydrogen (secondary N) is 4. The van der Waals surface area contributed by atoms with E-state index in [4.69, 9.17) is 38.2 Å². The highest BCUT2D eigenvalue weighted by atomic mass is 19.4. The van der Waals surface area contributed by atoms with E-state index in [9.17, 15) is 32.3 Å². The van der Waals surface area contributed by atoms with Gasteiger partial charge >= 0.3 is 12.1 Å². The van der Waals surface area contributed by atoms with Crippen LogP contribution in [0.4, 0.5) is 18.9 Å². The molecule has 15 nitrogen and oxygen atoms in total. The van der Waals surface area contributed by atoms with E-state index >= 15 is 0 Å². The number of nitrogens with zero attached hydrogens (tertiary/aromatic N) is 1. The third-order valence-corrected chi connectivity index (χ3v) is 6.91. The molecule has 2 unspecified atom stereocenters. The van der Waals surface area contributed by atoms with Gasteiger partial charge in [0.05, 0.1) is 0 Å². The van der Waals surface area contributed by atoms with Crippen LogP contribution in [0.5, 0.6) is 0 Å². The number of anilines is 1. The van der Waals surface area contributed by atoms with E-state index in [0.29, 0.717) is 28.8 Å². The van der Waals surface area contributed by atoms with Crippen LogP contribution in [-0.2, 0) is 30.4 Å². The molecule has 0 saturated heterocycles. The van der Waals surface area contributed by atoms with Crippen molar-refractivity contribution < 1.29 is 42.3 Å². The molecule has 4 amide bonds. The molecular formula is C33H38F3N9O6. The summed E-state index contributed by atoms with van der Waals surface area (Å²) in [5.74, 6) is -7.00. The third kappa shape index (κ3) is 14.3. The minimum Gasteiger partial charge on any atom is -0.475 e. The van der Waals surface area contributed by atoms with Gasteiger partial charge in [-0.2, -0.15) is 13.2 Å². The largest absolute Gasteiger partial charge is 0.490 e. The van der Waals surface area contributed by atoms with Gasteiger partial charge in [0.1, 0.15) is 23.8 Å². The molecule has 0 bridgehead atoms. The topological polar surface area (TPSA) is 282 Å². The number of aliphatic carboxylic acids is 1. The van der Waals surface area contributed by atoms with Gasteiger partial charge in [-0.25, -0.2) is 4.79 Å². The molecule has 0 heterocycles. The number of nitrogens with two attached hydrogens (primary N) is 4. The van der Waals surface area contributed by atoms with Crippen molar-refractivity contribution in [3.05, 3.63) is 102 Å². The van der Waals surface area contributed by atoms with Gasteiger partial charge in [-0.15, -0.1) is 0 Å². The Morgan fingerprint density at radius 2 is 1.33 bits per heavy atom. The van der Waals surface area contributed by atoms with Crippen molar-refractivity contribution in [2.24, 2.45) is 33.8 Å². The van der Waals surface area contributed by atoms with Gasteiger partial charge < -0.3 is 44.0 Å². The molecule has 0 aromatic heterocycles. The first-order valence-corrected chi connectivity index (χ1v) is 15.1. The first kappa shape index (κ1) is 40.7. The molecule has 0 spiro atoms. The SMILES string of the molecule is N=C(N)c1ccc(CC(C(=O)Nc2ccccc2)C(=O)N[C@H](C(=O)NC(CCCN=C(N)N)C(N)=O)c2ccccc2)cc1.O=C(O)C(F)(F)F. The highest BCUT2D eigenvalue weighted by Gasteiger charge is 2.38. The fourth-order valence-corrected chi connectivity index (χ4v) is 4.34. The van der Waals surface area contributed by atoms with Crippen molar-refractivity contribution in [3.8, 4) is 0 Å². The zero-order valence-electron chi connectivity index (χ0n) is 27.0. The van der Waals surface area contributed by atoms with Crippen molar-refractivity contribution in [1.82, 2.24) is 10.6 Å². The average molecular weight is 714 g/mol. The Labute approximate surface area is 290 Å². The molecular weight excluding hydrogens is 675 g/mol. The maximum absolute atomic E-state index is 13.8. The van der Waals surface area contributed by atoms with Crippen LogP contribution < -0.4 is 38.9 Å². The summed E-state index contributed by atoms with van der Waals surface area (Å²) in [6, 6.07) is 21.4. The minimum absolute atomic E-state index is 0.0134. The second-order valence-electron chi connectivity index (χ2n) is 10.8. The zero-order valence-corrected chi connectivity index (χ0v) is 27.0. The monoisotopic (exact) mass is 713 g/mol. The number of hydrogen-bond donors (Lipinski definition) is 9. The number of carbonyl (C=O) groups is 5. The summed E-state index contributed by atoms with van der Waals surface area (Å²) < 4.78 is 31.7. The van der Waals surface area contributed by atoms with Gasteiger partial charge in [0.2, 0.25) is 23.6 Å². The lowest BCUT2D eigenvalue weighted by atomic mass is 9.95. The number of amidine groups is 1. The van der Waals surface area contributed by atoms with Gasteiger partial charge in [0.25, 0.3) is 0 Å². The first-order valence-electron chi connectivity index (χ1n) is 15.1. The van der Waals surface area contributed by atoms with E-state index in [0.717, 1.165) is 0 Å². The molecule has 3 atom stereocenters. The van der Waals surface area contributed by atoms with Gasteiger partial charge in [-0.05, 0) is 42.5 Å². The summed E-state index contributed by atoms with van der Waals surface area (Å²) in [5.41, 5.74) is 23.8. The van der Waals surface area contributed by atoms with Crippen LogP contribution in [0, 0.1) is 11.3 Å².